The maximum Gasteiger partial charge on any atom is 0.273 e. The first-order valence-electron chi connectivity index (χ1n) is 7.55. The van der Waals surface area contributed by atoms with Crippen LogP contribution in [0.25, 0.3) is 0 Å². The van der Waals surface area contributed by atoms with Crippen molar-refractivity contribution >= 4 is 5.91 Å². The topological polar surface area (TPSA) is 46.3 Å². The van der Waals surface area contributed by atoms with E-state index < -0.39 is 0 Å². The van der Waals surface area contributed by atoms with Crippen LogP contribution < -0.4 is 0 Å². The van der Waals surface area contributed by atoms with Gasteiger partial charge in [0.2, 0.25) is 0 Å². The number of hydrogen-bond acceptors (Lipinski definition) is 3. The molecule has 0 fully saturated rings. The van der Waals surface area contributed by atoms with Crippen LogP contribution in [0.1, 0.15) is 34.8 Å². The van der Waals surface area contributed by atoms with Gasteiger partial charge in [-0.15, -0.1) is 0 Å². The van der Waals surface area contributed by atoms with Gasteiger partial charge in [-0.05, 0) is 36.8 Å². The number of benzene rings is 1. The molecule has 2 aromatic heterocycles. The minimum Gasteiger partial charge on any atom is -0.467 e. The summed E-state index contributed by atoms with van der Waals surface area (Å²) in [5.41, 5.74) is 1.50. The van der Waals surface area contributed by atoms with Crippen molar-refractivity contribution in [2.45, 2.75) is 19.5 Å². The molecule has 0 radical (unpaired) electrons. The Labute approximate surface area is 135 Å². The molecule has 1 amide bonds. The predicted molar refractivity (Wildman–Crippen MR) is 87.7 cm³/mol. The fourth-order valence-corrected chi connectivity index (χ4v) is 2.50. The zero-order valence-corrected chi connectivity index (χ0v) is 12.9. The zero-order chi connectivity index (χ0) is 16.1. The summed E-state index contributed by atoms with van der Waals surface area (Å²) in [7, 11) is 0. The summed E-state index contributed by atoms with van der Waals surface area (Å²) < 4.78 is 5.42. The first-order valence-corrected chi connectivity index (χ1v) is 7.55. The summed E-state index contributed by atoms with van der Waals surface area (Å²) in [6, 6.07) is 18.9. The van der Waals surface area contributed by atoms with Gasteiger partial charge in [-0.2, -0.15) is 0 Å². The largest absolute Gasteiger partial charge is 0.467 e. The Kier molecular flexibility index (Phi) is 4.52. The zero-order valence-electron chi connectivity index (χ0n) is 12.9. The van der Waals surface area contributed by atoms with Gasteiger partial charge in [0.25, 0.3) is 5.91 Å². The number of carbonyl (C=O) groups is 1. The number of amides is 1. The van der Waals surface area contributed by atoms with Crippen molar-refractivity contribution in [1.82, 2.24) is 9.88 Å². The molecule has 1 unspecified atom stereocenters. The van der Waals surface area contributed by atoms with Crippen LogP contribution in [0.5, 0.6) is 0 Å². The average molecular weight is 306 g/mol. The van der Waals surface area contributed by atoms with Gasteiger partial charge in [0.15, 0.2) is 0 Å². The van der Waals surface area contributed by atoms with Crippen molar-refractivity contribution in [3.8, 4) is 0 Å². The number of carbonyl (C=O) groups excluding carboxylic acids is 1. The lowest BCUT2D eigenvalue weighted by Gasteiger charge is -2.28. The van der Waals surface area contributed by atoms with Crippen molar-refractivity contribution in [2.24, 2.45) is 0 Å². The van der Waals surface area contributed by atoms with E-state index in [2.05, 4.69) is 4.98 Å². The number of hydrogen-bond donors (Lipinski definition) is 0. The van der Waals surface area contributed by atoms with Crippen molar-refractivity contribution in [3.05, 3.63) is 90.1 Å². The fourth-order valence-electron chi connectivity index (χ4n) is 2.50. The first-order chi connectivity index (χ1) is 11.3. The Morgan fingerprint density at radius 2 is 1.87 bits per heavy atom. The van der Waals surface area contributed by atoms with Crippen molar-refractivity contribution in [1.29, 1.82) is 0 Å². The molecule has 0 N–H and O–H groups in total. The second-order valence-corrected chi connectivity index (χ2v) is 5.31. The summed E-state index contributed by atoms with van der Waals surface area (Å²) in [5.74, 6) is 0.635. The van der Waals surface area contributed by atoms with Crippen LogP contribution in [0, 0.1) is 0 Å². The van der Waals surface area contributed by atoms with E-state index in [-0.39, 0.29) is 11.9 Å². The lowest BCUT2D eigenvalue weighted by atomic mass is 10.1. The van der Waals surface area contributed by atoms with Gasteiger partial charge in [0, 0.05) is 6.20 Å². The molecule has 0 saturated carbocycles. The van der Waals surface area contributed by atoms with Gasteiger partial charge in [-0.3, -0.25) is 9.78 Å². The molecule has 4 heteroatoms. The molecule has 1 atom stereocenters. The SMILES string of the molecule is CC(c1ccccc1)N(Cc1ccco1)C(=O)c1ccccn1. The quantitative estimate of drug-likeness (QED) is 0.713. The molecule has 116 valence electrons. The van der Waals surface area contributed by atoms with Gasteiger partial charge in [0.05, 0.1) is 18.8 Å². The maximum atomic E-state index is 12.9. The lowest BCUT2D eigenvalue weighted by molar-refractivity contribution is 0.0653. The van der Waals surface area contributed by atoms with E-state index in [4.69, 9.17) is 4.42 Å². The summed E-state index contributed by atoms with van der Waals surface area (Å²) in [5, 5.41) is 0. The number of aromatic nitrogens is 1. The highest BCUT2D eigenvalue weighted by molar-refractivity contribution is 5.92. The molecule has 0 aliphatic rings. The van der Waals surface area contributed by atoms with Crippen molar-refractivity contribution in [3.63, 3.8) is 0 Å². The standard InChI is InChI=1S/C19H18N2O2/c1-15(16-8-3-2-4-9-16)21(14-17-10-7-13-23-17)19(22)18-11-5-6-12-20-18/h2-13,15H,14H2,1H3. The van der Waals surface area contributed by atoms with E-state index in [0.717, 1.165) is 11.3 Å². The molecule has 3 aromatic rings. The van der Waals surface area contributed by atoms with Crippen LogP contribution in [-0.4, -0.2) is 15.8 Å². The Morgan fingerprint density at radius 3 is 2.52 bits per heavy atom. The van der Waals surface area contributed by atoms with Crippen LogP contribution in [0.3, 0.4) is 0 Å². The lowest BCUT2D eigenvalue weighted by Crippen LogP contribution is -2.33. The Balaban J connectivity index is 1.91. The second kappa shape index (κ2) is 6.92. The molecule has 3 rings (SSSR count). The molecule has 0 aliphatic heterocycles. The highest BCUT2D eigenvalue weighted by atomic mass is 16.3. The number of pyridine rings is 1. The van der Waals surface area contributed by atoms with E-state index in [0.29, 0.717) is 12.2 Å². The number of nitrogens with zero attached hydrogens (tertiary/aromatic N) is 2. The minimum absolute atomic E-state index is 0.0872. The van der Waals surface area contributed by atoms with E-state index >= 15 is 0 Å². The van der Waals surface area contributed by atoms with Crippen LogP contribution in [0.2, 0.25) is 0 Å². The third-order valence-corrected chi connectivity index (χ3v) is 3.80. The third-order valence-electron chi connectivity index (χ3n) is 3.80. The second-order valence-electron chi connectivity index (χ2n) is 5.31. The molecule has 2 heterocycles. The maximum absolute atomic E-state index is 12.9. The van der Waals surface area contributed by atoms with E-state index in [1.165, 1.54) is 0 Å². The van der Waals surface area contributed by atoms with Crippen LogP contribution in [-0.2, 0) is 6.54 Å². The predicted octanol–water partition coefficient (Wildman–Crippen LogP) is 4.08. The van der Waals surface area contributed by atoms with Crippen LogP contribution in [0.4, 0.5) is 0 Å². The summed E-state index contributed by atoms with van der Waals surface area (Å²) >= 11 is 0. The summed E-state index contributed by atoms with van der Waals surface area (Å²) in [4.78, 5) is 18.9. The first kappa shape index (κ1) is 15.0. The summed E-state index contributed by atoms with van der Waals surface area (Å²) in [6.07, 6.45) is 3.25. The smallest absolute Gasteiger partial charge is 0.273 e. The van der Waals surface area contributed by atoms with Crippen LogP contribution in [0.15, 0.2) is 77.5 Å². The Hall–Kier alpha value is -2.88. The molecule has 1 aromatic carbocycles. The monoisotopic (exact) mass is 306 g/mol. The normalized spacial score (nSPS) is 11.9. The van der Waals surface area contributed by atoms with Gasteiger partial charge < -0.3 is 9.32 Å². The molecule has 0 aliphatic carbocycles. The minimum atomic E-state index is -0.113. The number of rotatable bonds is 5. The molecular formula is C19H18N2O2. The molecule has 4 nitrogen and oxygen atoms in total. The highest BCUT2D eigenvalue weighted by Gasteiger charge is 2.24. The van der Waals surface area contributed by atoms with E-state index in [9.17, 15) is 4.79 Å². The summed E-state index contributed by atoms with van der Waals surface area (Å²) in [6.45, 7) is 2.41. The average Bonchev–Trinajstić information content (AvgIpc) is 3.13. The Bertz CT molecular complexity index is 740. The molecular weight excluding hydrogens is 288 g/mol. The van der Waals surface area contributed by atoms with Gasteiger partial charge in [-0.1, -0.05) is 36.4 Å². The third kappa shape index (κ3) is 3.48. The molecule has 23 heavy (non-hydrogen) atoms. The Morgan fingerprint density at radius 1 is 1.09 bits per heavy atom. The van der Waals surface area contributed by atoms with Crippen LogP contribution >= 0.6 is 0 Å². The molecule has 0 bridgehead atoms. The van der Waals surface area contributed by atoms with E-state index in [1.54, 1.807) is 29.5 Å². The van der Waals surface area contributed by atoms with Crippen molar-refractivity contribution in [2.75, 3.05) is 0 Å². The number of furan rings is 1. The van der Waals surface area contributed by atoms with Gasteiger partial charge in [0.1, 0.15) is 11.5 Å². The van der Waals surface area contributed by atoms with Crippen molar-refractivity contribution < 1.29 is 9.21 Å². The fraction of sp³-hybridized carbons (Fsp3) is 0.158. The van der Waals surface area contributed by atoms with E-state index in [1.807, 2.05) is 55.5 Å². The molecule has 0 saturated heterocycles. The van der Waals surface area contributed by atoms with Gasteiger partial charge in [-0.25, -0.2) is 0 Å². The highest BCUT2D eigenvalue weighted by Crippen LogP contribution is 2.24. The molecule has 0 spiro atoms. The van der Waals surface area contributed by atoms with Gasteiger partial charge >= 0.3 is 0 Å².